The Kier molecular flexibility index (Phi) is 5.49. The number of primary sulfonamides is 1. The maximum atomic E-state index is 11.7. The van der Waals surface area contributed by atoms with Gasteiger partial charge in [0.1, 0.15) is 0 Å². The summed E-state index contributed by atoms with van der Waals surface area (Å²) >= 11 is 0. The van der Waals surface area contributed by atoms with Crippen molar-refractivity contribution < 1.29 is 17.9 Å². The number of fused-ring (bicyclic) bond motifs is 1. The number of hydrogen-bond acceptors (Lipinski definition) is 7. The molecule has 4 rings (SSSR count). The number of rotatable bonds is 7. The van der Waals surface area contributed by atoms with Gasteiger partial charge in [0.15, 0.2) is 23.0 Å². The molecule has 10 heteroatoms. The topological polar surface area (TPSA) is 121 Å². The lowest BCUT2D eigenvalue weighted by Crippen LogP contribution is -2.12. The van der Waals surface area contributed by atoms with Crippen molar-refractivity contribution in [3.63, 3.8) is 0 Å². The van der Waals surface area contributed by atoms with E-state index < -0.39 is 10.0 Å². The van der Waals surface area contributed by atoms with Gasteiger partial charge in [-0.3, -0.25) is 0 Å². The minimum atomic E-state index is -3.83. The van der Waals surface area contributed by atoms with Crippen LogP contribution < -0.4 is 19.9 Å². The van der Waals surface area contributed by atoms with Gasteiger partial charge in [0.25, 0.3) is 0 Å². The van der Waals surface area contributed by atoms with Crippen LogP contribution in [0.1, 0.15) is 6.92 Å². The molecule has 3 N–H and O–H groups in total. The zero-order valence-electron chi connectivity index (χ0n) is 16.9. The average Bonchev–Trinajstić information content (AvgIpc) is 3.23. The lowest BCUT2D eigenvalue weighted by molar-refractivity contribution is 0.311. The minimum absolute atomic E-state index is 0.0169. The smallest absolute Gasteiger partial charge is 0.238 e. The molecule has 0 saturated carbocycles. The number of benzene rings is 2. The van der Waals surface area contributed by atoms with Gasteiger partial charge in [0, 0.05) is 35.9 Å². The number of anilines is 2. The van der Waals surface area contributed by atoms with Gasteiger partial charge in [-0.05, 0) is 31.2 Å². The lowest BCUT2D eigenvalue weighted by atomic mass is 10.1. The molecule has 9 nitrogen and oxygen atoms in total. The molecule has 0 radical (unpaired) electrons. The van der Waals surface area contributed by atoms with E-state index in [4.69, 9.17) is 14.6 Å². The van der Waals surface area contributed by atoms with Gasteiger partial charge in [-0.25, -0.2) is 23.5 Å². The summed E-state index contributed by atoms with van der Waals surface area (Å²) in [5, 5.41) is 8.53. The third-order valence-electron chi connectivity index (χ3n) is 4.56. The number of nitrogens with two attached hydrogens (primary N) is 1. The van der Waals surface area contributed by atoms with Crippen molar-refractivity contribution in [3.05, 3.63) is 61.1 Å². The number of ether oxygens (including phenoxy) is 2. The standard InChI is InChI=1S/C21H21N5O4S/c1-3-30-18-8-7-15(12-19(18)29-2)24-20-21-23-9-10-26(21)13-17(25-20)14-5-4-6-16(11-14)31(22,27)28/h4-13H,3H2,1-2H3,(H,24,25)(H2,22,27,28). The second-order valence-corrected chi connectivity index (χ2v) is 8.19. The SMILES string of the molecule is CCOc1ccc(Nc2nc(-c3cccc(S(N)(=O)=O)c3)cn3ccnc23)cc1OC. The lowest BCUT2D eigenvalue weighted by Gasteiger charge is -2.13. The van der Waals surface area contributed by atoms with Gasteiger partial charge in [-0.1, -0.05) is 12.1 Å². The van der Waals surface area contributed by atoms with Crippen LogP contribution >= 0.6 is 0 Å². The maximum absolute atomic E-state index is 11.7. The Bertz CT molecular complexity index is 1350. The van der Waals surface area contributed by atoms with Crippen molar-refractivity contribution in [1.82, 2.24) is 14.4 Å². The largest absolute Gasteiger partial charge is 0.493 e. The van der Waals surface area contributed by atoms with E-state index in [1.165, 1.54) is 12.1 Å². The molecule has 2 heterocycles. The Labute approximate surface area is 179 Å². The predicted octanol–water partition coefficient (Wildman–Crippen LogP) is 3.19. The Hall–Kier alpha value is -3.63. The van der Waals surface area contributed by atoms with E-state index in [-0.39, 0.29) is 4.90 Å². The summed E-state index contributed by atoms with van der Waals surface area (Å²) in [5.41, 5.74) is 2.50. The number of sulfonamides is 1. The maximum Gasteiger partial charge on any atom is 0.238 e. The Morgan fingerprint density at radius 3 is 2.74 bits per heavy atom. The number of aromatic nitrogens is 3. The first-order valence-corrected chi connectivity index (χ1v) is 11.0. The van der Waals surface area contributed by atoms with Crippen molar-refractivity contribution in [1.29, 1.82) is 0 Å². The first-order valence-electron chi connectivity index (χ1n) is 9.44. The monoisotopic (exact) mass is 439 g/mol. The van der Waals surface area contributed by atoms with Gasteiger partial charge in [0.05, 0.1) is 24.3 Å². The second-order valence-electron chi connectivity index (χ2n) is 6.63. The van der Waals surface area contributed by atoms with Crippen molar-refractivity contribution in [2.24, 2.45) is 5.14 Å². The molecule has 0 atom stereocenters. The number of nitrogens with zero attached hydrogens (tertiary/aromatic N) is 3. The van der Waals surface area contributed by atoms with Crippen molar-refractivity contribution in [2.45, 2.75) is 11.8 Å². The fourth-order valence-electron chi connectivity index (χ4n) is 3.14. The zero-order chi connectivity index (χ0) is 22.0. The van der Waals surface area contributed by atoms with Crippen LogP contribution in [0.4, 0.5) is 11.5 Å². The molecule has 2 aromatic heterocycles. The Morgan fingerprint density at radius 1 is 1.16 bits per heavy atom. The molecule has 160 valence electrons. The summed E-state index contributed by atoms with van der Waals surface area (Å²) in [4.78, 5) is 9.05. The molecule has 4 aromatic rings. The molecule has 0 aliphatic heterocycles. The third kappa shape index (κ3) is 4.30. The van der Waals surface area contributed by atoms with Crippen LogP contribution in [0.2, 0.25) is 0 Å². The number of nitrogens with one attached hydrogen (secondary N) is 1. The van der Waals surface area contributed by atoms with Crippen LogP contribution in [0.3, 0.4) is 0 Å². The van der Waals surface area contributed by atoms with Crippen LogP contribution in [0.5, 0.6) is 11.5 Å². The second kappa shape index (κ2) is 8.25. The van der Waals surface area contributed by atoms with E-state index in [0.717, 1.165) is 5.69 Å². The van der Waals surface area contributed by atoms with Gasteiger partial charge in [-0.2, -0.15) is 0 Å². The van der Waals surface area contributed by atoms with Gasteiger partial charge >= 0.3 is 0 Å². The van der Waals surface area contributed by atoms with E-state index in [1.54, 1.807) is 48.3 Å². The van der Waals surface area contributed by atoms with Gasteiger partial charge in [-0.15, -0.1) is 0 Å². The van der Waals surface area contributed by atoms with Crippen LogP contribution in [0.25, 0.3) is 16.9 Å². The summed E-state index contributed by atoms with van der Waals surface area (Å²) in [6.07, 6.45) is 5.22. The molecule has 0 fully saturated rings. The summed E-state index contributed by atoms with van der Waals surface area (Å²) < 4.78 is 36.3. The van der Waals surface area contributed by atoms with Crippen molar-refractivity contribution in [3.8, 4) is 22.8 Å². The first-order chi connectivity index (χ1) is 14.9. The normalized spacial score (nSPS) is 11.5. The molecule has 0 unspecified atom stereocenters. The summed E-state index contributed by atoms with van der Waals surface area (Å²) in [6.45, 7) is 2.43. The molecular formula is C21H21N5O4S. The van der Waals surface area contributed by atoms with E-state index in [2.05, 4.69) is 15.3 Å². The van der Waals surface area contributed by atoms with E-state index in [9.17, 15) is 8.42 Å². The molecule has 0 spiro atoms. The molecule has 2 aromatic carbocycles. The first kappa shape index (κ1) is 20.6. The van der Waals surface area contributed by atoms with E-state index >= 15 is 0 Å². The number of imidazole rings is 1. The van der Waals surface area contributed by atoms with Crippen molar-refractivity contribution in [2.75, 3.05) is 19.0 Å². The highest BCUT2D eigenvalue weighted by atomic mass is 32.2. The molecule has 31 heavy (non-hydrogen) atoms. The Morgan fingerprint density at radius 2 is 2.00 bits per heavy atom. The van der Waals surface area contributed by atoms with E-state index in [1.807, 2.05) is 19.1 Å². The highest BCUT2D eigenvalue weighted by molar-refractivity contribution is 7.89. The van der Waals surface area contributed by atoms with E-state index in [0.29, 0.717) is 40.8 Å². The fourth-order valence-corrected chi connectivity index (χ4v) is 3.70. The molecule has 0 bridgehead atoms. The van der Waals surface area contributed by atoms with Crippen LogP contribution in [0, 0.1) is 0 Å². The quantitative estimate of drug-likeness (QED) is 0.454. The van der Waals surface area contributed by atoms with Gasteiger partial charge < -0.3 is 19.2 Å². The highest BCUT2D eigenvalue weighted by Gasteiger charge is 2.14. The summed E-state index contributed by atoms with van der Waals surface area (Å²) in [5.74, 6) is 1.72. The highest BCUT2D eigenvalue weighted by Crippen LogP contribution is 2.32. The molecule has 0 amide bonds. The minimum Gasteiger partial charge on any atom is -0.493 e. The number of hydrogen-bond donors (Lipinski definition) is 2. The fraction of sp³-hybridized carbons (Fsp3) is 0.143. The summed E-state index contributed by atoms with van der Waals surface area (Å²) in [6, 6.07) is 11.8. The molecular weight excluding hydrogens is 418 g/mol. The molecule has 0 saturated heterocycles. The van der Waals surface area contributed by atoms with Crippen LogP contribution in [0.15, 0.2) is 66.0 Å². The third-order valence-corrected chi connectivity index (χ3v) is 5.47. The Balaban J connectivity index is 1.77. The van der Waals surface area contributed by atoms with Gasteiger partial charge in [0.2, 0.25) is 10.0 Å². The average molecular weight is 439 g/mol. The van der Waals surface area contributed by atoms with Crippen molar-refractivity contribution >= 4 is 27.2 Å². The van der Waals surface area contributed by atoms with Crippen LogP contribution in [-0.4, -0.2) is 36.5 Å². The number of methoxy groups -OCH3 is 1. The van der Waals surface area contributed by atoms with Crippen LogP contribution in [-0.2, 0) is 10.0 Å². The zero-order valence-corrected chi connectivity index (χ0v) is 17.8. The summed E-state index contributed by atoms with van der Waals surface area (Å²) in [7, 11) is -2.25. The predicted molar refractivity (Wildman–Crippen MR) is 117 cm³/mol. The molecule has 0 aliphatic rings. The molecule has 0 aliphatic carbocycles.